The van der Waals surface area contributed by atoms with E-state index in [1.807, 2.05) is 30.3 Å². The molecule has 0 aliphatic heterocycles. The molecule has 0 spiro atoms. The van der Waals surface area contributed by atoms with E-state index in [0.717, 1.165) is 105 Å². The molecule has 5 heteroatoms. The van der Waals surface area contributed by atoms with Gasteiger partial charge in [-0.05, 0) is 47.5 Å². The Hall–Kier alpha value is -7.50. The van der Waals surface area contributed by atoms with E-state index >= 15 is 0 Å². The van der Waals surface area contributed by atoms with E-state index in [1.165, 1.54) is 0 Å². The zero-order valence-electron chi connectivity index (χ0n) is 29.6. The van der Waals surface area contributed by atoms with E-state index in [-0.39, 0.29) is 0 Å². The molecule has 256 valence electrons. The summed E-state index contributed by atoms with van der Waals surface area (Å²) in [6.45, 7) is 0. The topological polar surface area (TPSA) is 56.0 Å². The Balaban J connectivity index is 1.07. The van der Waals surface area contributed by atoms with Gasteiger partial charge in [0, 0.05) is 61.6 Å². The predicted octanol–water partition coefficient (Wildman–Crippen LogP) is 12.5. The molecule has 5 nitrogen and oxygen atoms in total. The Labute approximate surface area is 316 Å². The minimum absolute atomic E-state index is 0.886. The van der Waals surface area contributed by atoms with Crippen LogP contribution >= 0.6 is 0 Å². The van der Waals surface area contributed by atoms with Crippen LogP contribution in [-0.4, -0.2) is 24.3 Å². The second-order valence-corrected chi connectivity index (χ2v) is 13.9. The first-order valence-electron chi connectivity index (χ1n) is 18.5. The molecule has 0 aliphatic rings. The minimum atomic E-state index is 0.886. The highest BCUT2D eigenvalue weighted by molar-refractivity contribution is 6.17. The zero-order chi connectivity index (χ0) is 36.3. The highest BCUT2D eigenvalue weighted by Gasteiger charge is 2.18. The van der Waals surface area contributed by atoms with E-state index in [4.69, 9.17) is 19.9 Å². The molecule has 5 heterocycles. The number of hydrogen-bond acceptors (Lipinski definition) is 4. The van der Waals surface area contributed by atoms with Crippen molar-refractivity contribution in [3.8, 4) is 56.2 Å². The monoisotopic (exact) mass is 701 g/mol. The van der Waals surface area contributed by atoms with Crippen molar-refractivity contribution in [2.24, 2.45) is 0 Å². The number of aromatic nitrogens is 5. The van der Waals surface area contributed by atoms with E-state index in [1.54, 1.807) is 0 Å². The van der Waals surface area contributed by atoms with Crippen LogP contribution in [0.5, 0.6) is 0 Å². The fraction of sp³-hybridized carbons (Fsp3) is 0. The van der Waals surface area contributed by atoms with Gasteiger partial charge in [0.2, 0.25) is 0 Å². The second kappa shape index (κ2) is 12.6. The number of imidazole rings is 1. The lowest BCUT2D eigenvalue weighted by atomic mass is 9.94. The molecule has 0 saturated carbocycles. The van der Waals surface area contributed by atoms with Crippen LogP contribution in [0.2, 0.25) is 0 Å². The van der Waals surface area contributed by atoms with Crippen molar-refractivity contribution in [3.63, 3.8) is 0 Å². The maximum absolute atomic E-state index is 5.29. The normalized spacial score (nSPS) is 11.6. The first-order valence-corrected chi connectivity index (χ1v) is 18.5. The summed E-state index contributed by atoms with van der Waals surface area (Å²) in [6.07, 6.45) is 4.21. The first-order chi connectivity index (χ1) is 27.2. The van der Waals surface area contributed by atoms with Crippen LogP contribution in [0.1, 0.15) is 0 Å². The highest BCUT2D eigenvalue weighted by atomic mass is 15.0. The summed E-state index contributed by atoms with van der Waals surface area (Å²) >= 11 is 0. The Bertz CT molecular complexity index is 3230. The number of benzene rings is 6. The quantitative estimate of drug-likeness (QED) is 0.168. The Kier molecular flexibility index (Phi) is 7.10. The first kappa shape index (κ1) is 31.1. The van der Waals surface area contributed by atoms with Crippen molar-refractivity contribution in [3.05, 3.63) is 188 Å². The molecule has 5 aromatic heterocycles. The van der Waals surface area contributed by atoms with Gasteiger partial charge < -0.3 is 4.40 Å². The average molecular weight is 702 g/mol. The van der Waals surface area contributed by atoms with Crippen molar-refractivity contribution < 1.29 is 0 Å². The highest BCUT2D eigenvalue weighted by Crippen LogP contribution is 2.39. The Morgan fingerprint density at radius 2 is 0.982 bits per heavy atom. The lowest BCUT2D eigenvalue weighted by Gasteiger charge is -2.14. The van der Waals surface area contributed by atoms with Crippen molar-refractivity contribution in [2.45, 2.75) is 0 Å². The van der Waals surface area contributed by atoms with Crippen molar-refractivity contribution in [1.29, 1.82) is 0 Å². The number of nitrogens with zero attached hydrogens (tertiary/aromatic N) is 5. The molecule has 0 amide bonds. The van der Waals surface area contributed by atoms with Gasteiger partial charge in [-0.2, -0.15) is 0 Å². The largest absolute Gasteiger partial charge is 0.306 e. The van der Waals surface area contributed by atoms with Crippen LogP contribution in [0.15, 0.2) is 188 Å². The summed E-state index contributed by atoms with van der Waals surface area (Å²) in [5.74, 6) is 0. The molecule has 0 unspecified atom stereocenters. The molecule has 11 rings (SSSR count). The fourth-order valence-electron chi connectivity index (χ4n) is 7.90. The van der Waals surface area contributed by atoms with Gasteiger partial charge in [-0.3, -0.25) is 0 Å². The summed E-state index contributed by atoms with van der Waals surface area (Å²) in [7, 11) is 0. The number of para-hydroxylation sites is 1. The van der Waals surface area contributed by atoms with Crippen molar-refractivity contribution in [2.75, 3.05) is 0 Å². The third-order valence-corrected chi connectivity index (χ3v) is 10.6. The van der Waals surface area contributed by atoms with Crippen LogP contribution in [0.25, 0.3) is 105 Å². The van der Waals surface area contributed by atoms with Gasteiger partial charge in [0.15, 0.2) is 0 Å². The number of fused-ring (bicyclic) bond motifs is 8. The SMILES string of the molecule is c1ccc(-c2ccc3cc(-c4ccc(-c5nc6ccccc6c6c5ccn5cc(-c7ccccc7)nc65)cc4)c4ccc(-c5ccccc5)nc4c3n2)cc1. The molecule has 0 atom stereocenters. The Morgan fingerprint density at radius 3 is 1.69 bits per heavy atom. The molecule has 0 bridgehead atoms. The van der Waals surface area contributed by atoms with Gasteiger partial charge in [0.05, 0.1) is 39.3 Å². The summed E-state index contributed by atoms with van der Waals surface area (Å²) < 4.78 is 2.13. The maximum Gasteiger partial charge on any atom is 0.146 e. The fourth-order valence-corrected chi connectivity index (χ4v) is 7.90. The second-order valence-electron chi connectivity index (χ2n) is 13.9. The molecule has 0 N–H and O–H groups in total. The average Bonchev–Trinajstić information content (AvgIpc) is 3.71. The minimum Gasteiger partial charge on any atom is -0.306 e. The van der Waals surface area contributed by atoms with Crippen molar-refractivity contribution >= 4 is 49.1 Å². The van der Waals surface area contributed by atoms with Crippen LogP contribution < -0.4 is 0 Å². The van der Waals surface area contributed by atoms with Crippen molar-refractivity contribution in [1.82, 2.24) is 24.3 Å². The molecular weight excluding hydrogens is 671 g/mol. The number of pyridine rings is 4. The maximum atomic E-state index is 5.29. The molecule has 0 fully saturated rings. The number of rotatable bonds is 5. The van der Waals surface area contributed by atoms with Gasteiger partial charge in [0.25, 0.3) is 0 Å². The summed E-state index contributed by atoms with van der Waals surface area (Å²) in [4.78, 5) is 20.9. The van der Waals surface area contributed by atoms with Gasteiger partial charge in [-0.15, -0.1) is 0 Å². The van der Waals surface area contributed by atoms with E-state index in [9.17, 15) is 0 Å². The molecule has 55 heavy (non-hydrogen) atoms. The molecule has 0 saturated heterocycles. The van der Waals surface area contributed by atoms with Crippen LogP contribution in [0.4, 0.5) is 0 Å². The van der Waals surface area contributed by atoms with Crippen LogP contribution in [-0.2, 0) is 0 Å². The third kappa shape index (κ3) is 5.24. The standard InChI is InChI=1S/C50H31N5/c1-4-12-33(13-5-1)42-26-24-37-30-41(38-25-27-43(34-14-6-2-7-15-34)52-49(38)48(37)51-42)32-20-22-36(23-21-32)47-40-28-29-55-31-45(35-16-8-3-9-17-35)54-50(55)46(40)39-18-10-11-19-44(39)53-47/h1-31H. The van der Waals surface area contributed by atoms with E-state index < -0.39 is 0 Å². The van der Waals surface area contributed by atoms with E-state index in [0.29, 0.717) is 0 Å². The summed E-state index contributed by atoms with van der Waals surface area (Å²) in [6, 6.07) is 61.2. The molecule has 11 aromatic rings. The molecule has 0 radical (unpaired) electrons. The van der Waals surface area contributed by atoms with Gasteiger partial charge in [-0.1, -0.05) is 140 Å². The number of hydrogen-bond donors (Lipinski definition) is 0. The van der Waals surface area contributed by atoms with Gasteiger partial charge in [0.1, 0.15) is 5.65 Å². The van der Waals surface area contributed by atoms with Crippen LogP contribution in [0, 0.1) is 0 Å². The zero-order valence-corrected chi connectivity index (χ0v) is 29.6. The van der Waals surface area contributed by atoms with Gasteiger partial charge >= 0.3 is 0 Å². The smallest absolute Gasteiger partial charge is 0.146 e. The lowest BCUT2D eigenvalue weighted by molar-refractivity contribution is 1.20. The van der Waals surface area contributed by atoms with Crippen LogP contribution in [0.3, 0.4) is 0 Å². The summed E-state index contributed by atoms with van der Waals surface area (Å²) in [5.41, 5.74) is 13.9. The third-order valence-electron chi connectivity index (χ3n) is 10.6. The molecule has 0 aliphatic carbocycles. The predicted molar refractivity (Wildman–Crippen MR) is 226 cm³/mol. The molecular formula is C50H31N5. The summed E-state index contributed by atoms with van der Waals surface area (Å²) in [5, 5.41) is 5.35. The molecule has 6 aromatic carbocycles. The van der Waals surface area contributed by atoms with Gasteiger partial charge in [-0.25, -0.2) is 19.9 Å². The Morgan fingerprint density at radius 1 is 0.382 bits per heavy atom. The lowest BCUT2D eigenvalue weighted by Crippen LogP contribution is -1.94. The van der Waals surface area contributed by atoms with E-state index in [2.05, 4.69) is 162 Å².